The van der Waals surface area contributed by atoms with E-state index >= 15 is 0 Å². The van der Waals surface area contributed by atoms with Gasteiger partial charge in [-0.3, -0.25) is 9.59 Å². The third-order valence-electron chi connectivity index (χ3n) is 10.3. The summed E-state index contributed by atoms with van der Waals surface area (Å²) in [5.41, 5.74) is 0. The zero-order valence-corrected chi connectivity index (χ0v) is 34.7. The normalized spacial score (nSPS) is 13.6. The van der Waals surface area contributed by atoms with Crippen molar-refractivity contribution in [1.82, 2.24) is 5.32 Å². The Kier molecular flexibility index (Phi) is 39.2. The lowest BCUT2D eigenvalue weighted by Gasteiger charge is -2.24. The molecular weight excluding hydrogens is 647 g/mol. The quantitative estimate of drug-likeness (QED) is 0.0331. The summed E-state index contributed by atoms with van der Waals surface area (Å²) in [6.07, 6.45) is 43.8. The molecule has 3 unspecified atom stereocenters. The van der Waals surface area contributed by atoms with E-state index < -0.39 is 18.2 Å². The number of hydrogen-bond acceptors (Lipinski definition) is 5. The van der Waals surface area contributed by atoms with Gasteiger partial charge >= 0.3 is 5.97 Å². The van der Waals surface area contributed by atoms with Gasteiger partial charge in [0.2, 0.25) is 5.91 Å². The Bertz CT molecular complexity index is 828. The summed E-state index contributed by atoms with van der Waals surface area (Å²) in [5.74, 6) is -0.507. The molecule has 0 saturated carbocycles. The van der Waals surface area contributed by atoms with Gasteiger partial charge in [-0.1, -0.05) is 167 Å². The van der Waals surface area contributed by atoms with E-state index in [1.54, 1.807) is 0 Å². The largest absolute Gasteiger partial charge is 0.462 e. The van der Waals surface area contributed by atoms with Gasteiger partial charge in [-0.15, -0.1) is 0 Å². The number of aliphatic hydroxyl groups excluding tert-OH is 2. The molecule has 3 atom stereocenters. The number of nitrogens with one attached hydrogen (secondary N) is 1. The van der Waals surface area contributed by atoms with Gasteiger partial charge in [0.25, 0.3) is 0 Å². The Morgan fingerprint density at radius 3 is 1.42 bits per heavy atom. The number of aliphatic hydroxyl groups is 2. The summed E-state index contributed by atoms with van der Waals surface area (Å²) in [6.45, 7) is 6.41. The molecule has 0 fully saturated rings. The van der Waals surface area contributed by atoms with Crippen LogP contribution in [-0.4, -0.2) is 46.9 Å². The highest BCUT2D eigenvalue weighted by molar-refractivity contribution is 5.77. The number of hydrogen-bond donors (Lipinski definition) is 3. The minimum absolute atomic E-state index is 0.0634. The standard InChI is InChI=1S/C46H87NO5/c1-4-7-10-13-16-19-22-23-24-27-30-33-36-39-46(51)52-42(37-34-31-28-25-20-17-14-11-8-5-2)40-45(50)47-43(41-48)44(49)38-35-32-29-26-21-18-15-12-9-6-3/h17,20,23-24,42-44,48-49H,4-16,18-19,21-22,25-41H2,1-3H3,(H,47,50)/b20-17-,24-23-. The molecule has 0 radical (unpaired) electrons. The Hall–Kier alpha value is -1.66. The summed E-state index contributed by atoms with van der Waals surface area (Å²) in [5, 5.41) is 23.6. The SMILES string of the molecule is CCCCC/C=C\CCCCCC(CC(=O)NC(CO)C(O)CCCCCCCCCCCC)OC(=O)CCCCC/C=C\CCCCCCCC. The molecule has 0 saturated heterocycles. The molecule has 0 rings (SSSR count). The first-order valence-electron chi connectivity index (χ1n) is 22.6. The zero-order chi connectivity index (χ0) is 38.2. The van der Waals surface area contributed by atoms with Crippen molar-refractivity contribution in [3.8, 4) is 0 Å². The van der Waals surface area contributed by atoms with E-state index in [4.69, 9.17) is 4.74 Å². The maximum Gasteiger partial charge on any atom is 0.306 e. The monoisotopic (exact) mass is 734 g/mol. The van der Waals surface area contributed by atoms with Gasteiger partial charge in [0.15, 0.2) is 0 Å². The number of allylic oxidation sites excluding steroid dienone is 4. The highest BCUT2D eigenvalue weighted by atomic mass is 16.5. The molecule has 52 heavy (non-hydrogen) atoms. The first-order chi connectivity index (χ1) is 25.5. The number of esters is 1. The van der Waals surface area contributed by atoms with Crippen LogP contribution >= 0.6 is 0 Å². The average molecular weight is 734 g/mol. The van der Waals surface area contributed by atoms with Crippen LogP contribution in [0.3, 0.4) is 0 Å². The molecule has 0 bridgehead atoms. The third-order valence-corrected chi connectivity index (χ3v) is 10.3. The Labute approximate surface area is 322 Å². The minimum atomic E-state index is -0.788. The van der Waals surface area contributed by atoms with Crippen molar-refractivity contribution in [2.24, 2.45) is 0 Å². The second-order valence-electron chi connectivity index (χ2n) is 15.4. The highest BCUT2D eigenvalue weighted by Gasteiger charge is 2.24. The van der Waals surface area contributed by atoms with Crippen LogP contribution in [0.25, 0.3) is 0 Å². The van der Waals surface area contributed by atoms with Crippen LogP contribution in [0.1, 0.15) is 233 Å². The molecule has 0 aliphatic carbocycles. The number of ether oxygens (including phenoxy) is 1. The Morgan fingerprint density at radius 2 is 0.923 bits per heavy atom. The van der Waals surface area contributed by atoms with Crippen molar-refractivity contribution in [1.29, 1.82) is 0 Å². The molecule has 6 heteroatoms. The maximum absolute atomic E-state index is 13.1. The fraction of sp³-hybridized carbons (Fsp3) is 0.870. The van der Waals surface area contributed by atoms with E-state index in [9.17, 15) is 19.8 Å². The lowest BCUT2D eigenvalue weighted by atomic mass is 10.0. The van der Waals surface area contributed by atoms with E-state index in [-0.39, 0.29) is 24.9 Å². The molecule has 1 amide bonds. The molecule has 6 nitrogen and oxygen atoms in total. The summed E-state index contributed by atoms with van der Waals surface area (Å²) >= 11 is 0. The molecule has 0 aromatic carbocycles. The number of carbonyl (C=O) groups is 2. The second kappa shape index (κ2) is 40.5. The lowest BCUT2D eigenvalue weighted by Crippen LogP contribution is -2.46. The highest BCUT2D eigenvalue weighted by Crippen LogP contribution is 2.17. The van der Waals surface area contributed by atoms with E-state index in [1.807, 2.05) is 0 Å². The van der Waals surface area contributed by atoms with Crippen molar-refractivity contribution in [2.75, 3.05) is 6.61 Å². The van der Waals surface area contributed by atoms with Crippen molar-refractivity contribution in [2.45, 2.75) is 251 Å². The van der Waals surface area contributed by atoms with E-state index in [2.05, 4.69) is 50.4 Å². The third kappa shape index (κ3) is 35.4. The second-order valence-corrected chi connectivity index (χ2v) is 15.4. The summed E-state index contributed by atoms with van der Waals surface area (Å²) in [4.78, 5) is 25.9. The predicted molar refractivity (Wildman–Crippen MR) is 223 cm³/mol. The van der Waals surface area contributed by atoms with Gasteiger partial charge < -0.3 is 20.3 Å². The van der Waals surface area contributed by atoms with Crippen molar-refractivity contribution < 1.29 is 24.5 Å². The maximum atomic E-state index is 13.1. The summed E-state index contributed by atoms with van der Waals surface area (Å²) in [6, 6.07) is -0.702. The van der Waals surface area contributed by atoms with Crippen LogP contribution < -0.4 is 5.32 Å². The van der Waals surface area contributed by atoms with Gasteiger partial charge in [-0.25, -0.2) is 0 Å². The van der Waals surface area contributed by atoms with Crippen molar-refractivity contribution >= 4 is 11.9 Å². The molecule has 306 valence electrons. The van der Waals surface area contributed by atoms with E-state index in [0.29, 0.717) is 19.3 Å². The molecule has 0 aromatic rings. The topological polar surface area (TPSA) is 95.9 Å². The van der Waals surface area contributed by atoms with Crippen LogP contribution in [0.4, 0.5) is 0 Å². The molecule has 0 heterocycles. The number of rotatable bonds is 40. The summed E-state index contributed by atoms with van der Waals surface area (Å²) < 4.78 is 5.87. The number of carbonyl (C=O) groups excluding carboxylic acids is 2. The Balaban J connectivity index is 4.60. The lowest BCUT2D eigenvalue weighted by molar-refractivity contribution is -0.151. The van der Waals surface area contributed by atoms with Gasteiger partial charge in [0.1, 0.15) is 6.10 Å². The molecule has 0 aliphatic heterocycles. The Morgan fingerprint density at radius 1 is 0.538 bits per heavy atom. The first-order valence-corrected chi connectivity index (χ1v) is 22.6. The molecular formula is C46H87NO5. The van der Waals surface area contributed by atoms with Crippen LogP contribution in [0.5, 0.6) is 0 Å². The van der Waals surface area contributed by atoms with Gasteiger partial charge in [-0.2, -0.15) is 0 Å². The minimum Gasteiger partial charge on any atom is -0.462 e. The molecule has 3 N–H and O–H groups in total. The fourth-order valence-electron chi connectivity index (χ4n) is 6.77. The van der Waals surface area contributed by atoms with Gasteiger partial charge in [-0.05, 0) is 77.0 Å². The van der Waals surface area contributed by atoms with Crippen LogP contribution in [0.2, 0.25) is 0 Å². The van der Waals surface area contributed by atoms with Gasteiger partial charge in [0.05, 0.1) is 25.2 Å². The smallest absolute Gasteiger partial charge is 0.306 e. The molecule has 0 aliphatic rings. The van der Waals surface area contributed by atoms with E-state index in [1.165, 1.54) is 109 Å². The van der Waals surface area contributed by atoms with Crippen molar-refractivity contribution in [3.05, 3.63) is 24.3 Å². The van der Waals surface area contributed by atoms with Crippen LogP contribution in [0.15, 0.2) is 24.3 Å². The van der Waals surface area contributed by atoms with E-state index in [0.717, 1.165) is 77.0 Å². The average Bonchev–Trinajstić information content (AvgIpc) is 3.13. The van der Waals surface area contributed by atoms with Crippen LogP contribution in [0, 0.1) is 0 Å². The van der Waals surface area contributed by atoms with Gasteiger partial charge in [0, 0.05) is 6.42 Å². The zero-order valence-electron chi connectivity index (χ0n) is 34.7. The predicted octanol–water partition coefficient (Wildman–Crippen LogP) is 12.8. The summed E-state index contributed by atoms with van der Waals surface area (Å²) in [7, 11) is 0. The van der Waals surface area contributed by atoms with Crippen LogP contribution in [-0.2, 0) is 14.3 Å². The first kappa shape index (κ1) is 50.3. The number of amides is 1. The molecule has 0 aromatic heterocycles. The fourth-order valence-corrected chi connectivity index (χ4v) is 6.77. The molecule has 0 spiro atoms. The number of unbranched alkanes of at least 4 members (excludes halogenated alkanes) is 24. The van der Waals surface area contributed by atoms with Crippen molar-refractivity contribution in [3.63, 3.8) is 0 Å².